The fourth-order valence-corrected chi connectivity index (χ4v) is 3.47. The first-order valence-electron chi connectivity index (χ1n) is 6.33. The predicted octanol–water partition coefficient (Wildman–Crippen LogP) is 4.12. The Hall–Kier alpha value is -1.61. The highest BCUT2D eigenvalue weighted by Gasteiger charge is 2.18. The number of imidazole rings is 1. The number of aryl methyl sites for hydroxylation is 2. The van der Waals surface area contributed by atoms with Crippen molar-refractivity contribution in [1.82, 2.24) is 9.38 Å². The number of hydrogen-bond donors (Lipinski definition) is 0. The smallest absolute Gasteiger partial charge is 0.195 e. The molecule has 18 heavy (non-hydrogen) atoms. The lowest BCUT2D eigenvalue weighted by Gasteiger charge is -2.05. The van der Waals surface area contributed by atoms with E-state index in [9.17, 15) is 0 Å². The average Bonchev–Trinajstić information content (AvgIpc) is 2.91. The molecular formula is C15H16N2S. The van der Waals surface area contributed by atoms with Gasteiger partial charge in [-0.2, -0.15) is 0 Å². The zero-order valence-corrected chi connectivity index (χ0v) is 11.3. The number of nitrogens with zero attached hydrogens (tertiary/aromatic N) is 2. The summed E-state index contributed by atoms with van der Waals surface area (Å²) in [7, 11) is 0. The van der Waals surface area contributed by atoms with Crippen molar-refractivity contribution >= 4 is 28.4 Å². The van der Waals surface area contributed by atoms with Crippen LogP contribution in [0.4, 0.5) is 0 Å². The van der Waals surface area contributed by atoms with Crippen molar-refractivity contribution < 1.29 is 0 Å². The van der Waals surface area contributed by atoms with Gasteiger partial charge in [0.2, 0.25) is 0 Å². The van der Waals surface area contributed by atoms with E-state index in [1.807, 2.05) is 12.2 Å². The van der Waals surface area contributed by atoms with Crippen LogP contribution in [0.15, 0.2) is 24.8 Å². The maximum atomic E-state index is 4.76. The van der Waals surface area contributed by atoms with Gasteiger partial charge in [0, 0.05) is 4.88 Å². The molecule has 0 aliphatic heterocycles. The highest BCUT2D eigenvalue weighted by molar-refractivity contribution is 7.17. The number of hydrogen-bond acceptors (Lipinski definition) is 2. The first-order chi connectivity index (χ1) is 8.85. The molecule has 0 aromatic carbocycles. The second kappa shape index (κ2) is 4.58. The Morgan fingerprint density at radius 3 is 3.22 bits per heavy atom. The summed E-state index contributed by atoms with van der Waals surface area (Å²) in [5.74, 6) is 0. The van der Waals surface area contributed by atoms with Gasteiger partial charge in [-0.1, -0.05) is 31.7 Å². The van der Waals surface area contributed by atoms with Crippen molar-refractivity contribution in [3.05, 3.63) is 46.8 Å². The Labute approximate surface area is 111 Å². The van der Waals surface area contributed by atoms with Crippen molar-refractivity contribution in [2.75, 3.05) is 0 Å². The van der Waals surface area contributed by atoms with E-state index in [2.05, 4.69) is 36.1 Å². The first-order valence-corrected chi connectivity index (χ1v) is 7.15. The van der Waals surface area contributed by atoms with Gasteiger partial charge in [-0.3, -0.25) is 4.40 Å². The highest BCUT2D eigenvalue weighted by atomic mass is 32.1. The van der Waals surface area contributed by atoms with Crippen LogP contribution in [0.2, 0.25) is 0 Å². The Kier molecular flexibility index (Phi) is 2.92. The molecule has 0 radical (unpaired) electrons. The molecule has 0 fully saturated rings. The summed E-state index contributed by atoms with van der Waals surface area (Å²) in [5, 5.41) is 0. The zero-order chi connectivity index (χ0) is 12.5. The van der Waals surface area contributed by atoms with Gasteiger partial charge in [-0.15, -0.1) is 11.3 Å². The van der Waals surface area contributed by atoms with Gasteiger partial charge in [-0.25, -0.2) is 4.98 Å². The molecule has 0 spiro atoms. The molecule has 1 aliphatic carbocycles. The van der Waals surface area contributed by atoms with Crippen LogP contribution in [0, 0.1) is 0 Å². The lowest BCUT2D eigenvalue weighted by molar-refractivity contribution is 0.939. The van der Waals surface area contributed by atoms with Gasteiger partial charge in [0.25, 0.3) is 0 Å². The van der Waals surface area contributed by atoms with Gasteiger partial charge in [-0.05, 0) is 31.4 Å². The Morgan fingerprint density at radius 2 is 2.44 bits per heavy atom. The minimum absolute atomic E-state index is 1.04. The van der Waals surface area contributed by atoms with Crippen molar-refractivity contribution in [2.45, 2.75) is 26.2 Å². The number of thiazole rings is 1. The third kappa shape index (κ3) is 1.66. The van der Waals surface area contributed by atoms with E-state index in [-0.39, 0.29) is 0 Å². The van der Waals surface area contributed by atoms with Crippen molar-refractivity contribution in [2.24, 2.45) is 0 Å². The van der Waals surface area contributed by atoms with E-state index >= 15 is 0 Å². The summed E-state index contributed by atoms with van der Waals surface area (Å²) >= 11 is 1.80. The van der Waals surface area contributed by atoms with E-state index in [1.54, 1.807) is 11.3 Å². The third-order valence-corrected chi connectivity index (χ3v) is 4.44. The van der Waals surface area contributed by atoms with E-state index in [1.165, 1.54) is 22.0 Å². The molecular weight excluding hydrogens is 240 g/mol. The van der Waals surface area contributed by atoms with E-state index < -0.39 is 0 Å². The second-order valence-electron chi connectivity index (χ2n) is 4.36. The minimum atomic E-state index is 1.04. The number of allylic oxidation sites excluding steroid dienone is 3. The van der Waals surface area contributed by atoms with Crippen LogP contribution in [0.3, 0.4) is 0 Å². The van der Waals surface area contributed by atoms with Crippen LogP contribution in [0.1, 0.15) is 35.3 Å². The molecule has 0 unspecified atom stereocenters. The van der Waals surface area contributed by atoms with Gasteiger partial charge in [0.1, 0.15) is 0 Å². The molecule has 2 nitrogen and oxygen atoms in total. The fourth-order valence-electron chi connectivity index (χ4n) is 2.39. The van der Waals surface area contributed by atoms with Crippen molar-refractivity contribution in [3.8, 4) is 0 Å². The van der Waals surface area contributed by atoms with Crippen LogP contribution < -0.4 is 0 Å². The molecule has 2 aromatic heterocycles. The maximum absolute atomic E-state index is 4.76. The zero-order valence-electron chi connectivity index (χ0n) is 10.5. The Bertz CT molecular complexity index is 656. The summed E-state index contributed by atoms with van der Waals surface area (Å²) in [4.78, 5) is 7.27. The topological polar surface area (TPSA) is 17.3 Å². The molecule has 2 heterocycles. The van der Waals surface area contributed by atoms with Crippen LogP contribution in [0.5, 0.6) is 0 Å². The standard InChI is InChI=1S/C15H16N2S/c1-3-5-9-13-14(4-2)18-15-16-11-8-6-7-10-12(11)17(13)15/h3,5,7,9-10H,1,4,6,8H2,2H3/b9-5-. The third-order valence-electron chi connectivity index (χ3n) is 3.23. The Balaban J connectivity index is 2.29. The lowest BCUT2D eigenvalue weighted by atomic mass is 10.1. The predicted molar refractivity (Wildman–Crippen MR) is 79.0 cm³/mol. The summed E-state index contributed by atoms with van der Waals surface area (Å²) in [6.07, 6.45) is 13.6. The largest absolute Gasteiger partial charge is 0.284 e. The van der Waals surface area contributed by atoms with Crippen molar-refractivity contribution in [3.63, 3.8) is 0 Å². The molecule has 2 aromatic rings. The van der Waals surface area contributed by atoms with Gasteiger partial charge >= 0.3 is 0 Å². The second-order valence-corrected chi connectivity index (χ2v) is 5.42. The van der Waals surface area contributed by atoms with Crippen molar-refractivity contribution in [1.29, 1.82) is 0 Å². The number of rotatable bonds is 3. The molecule has 0 bridgehead atoms. The van der Waals surface area contributed by atoms with Gasteiger partial charge < -0.3 is 0 Å². The molecule has 0 N–H and O–H groups in total. The fraction of sp³-hybridized carbons (Fsp3) is 0.267. The highest BCUT2D eigenvalue weighted by Crippen LogP contribution is 2.30. The SMILES string of the molecule is C=C/C=C\c1c(CC)sc2nc3c(n12)C=CCC3. The molecule has 0 saturated heterocycles. The quantitative estimate of drug-likeness (QED) is 0.755. The summed E-state index contributed by atoms with van der Waals surface area (Å²) < 4.78 is 2.29. The lowest BCUT2D eigenvalue weighted by Crippen LogP contribution is -1.97. The Morgan fingerprint density at radius 1 is 1.56 bits per heavy atom. The monoisotopic (exact) mass is 256 g/mol. The summed E-state index contributed by atoms with van der Waals surface area (Å²) in [6.45, 7) is 5.94. The first kappa shape index (κ1) is 11.5. The van der Waals surface area contributed by atoms with E-state index in [0.717, 1.165) is 24.2 Å². The average molecular weight is 256 g/mol. The van der Waals surface area contributed by atoms with E-state index in [0.29, 0.717) is 0 Å². The summed E-state index contributed by atoms with van der Waals surface area (Å²) in [6, 6.07) is 0. The number of fused-ring (bicyclic) bond motifs is 3. The van der Waals surface area contributed by atoms with Crippen LogP contribution in [-0.2, 0) is 12.8 Å². The van der Waals surface area contributed by atoms with Gasteiger partial charge in [0.05, 0.1) is 17.1 Å². The minimum Gasteiger partial charge on any atom is -0.284 e. The maximum Gasteiger partial charge on any atom is 0.195 e. The molecule has 92 valence electrons. The van der Waals surface area contributed by atoms with Crippen LogP contribution >= 0.6 is 11.3 Å². The van der Waals surface area contributed by atoms with Crippen LogP contribution in [-0.4, -0.2) is 9.38 Å². The molecule has 0 amide bonds. The normalized spacial score (nSPS) is 14.5. The molecule has 0 atom stereocenters. The molecule has 3 heteroatoms. The molecule has 3 rings (SSSR count). The summed E-state index contributed by atoms with van der Waals surface area (Å²) in [5.41, 5.74) is 3.76. The van der Waals surface area contributed by atoms with Gasteiger partial charge in [0.15, 0.2) is 4.96 Å². The van der Waals surface area contributed by atoms with Crippen LogP contribution in [0.25, 0.3) is 17.1 Å². The van der Waals surface area contributed by atoms with E-state index in [4.69, 9.17) is 4.98 Å². The molecule has 0 saturated carbocycles. The number of aromatic nitrogens is 2. The molecule has 1 aliphatic rings.